The summed E-state index contributed by atoms with van der Waals surface area (Å²) in [4.78, 5) is 33.1. The minimum atomic E-state index is -0.273. The first-order valence-electron chi connectivity index (χ1n) is 11.7. The number of thiazole rings is 1. The number of hydrogen-bond donors (Lipinski definition) is 1. The fourth-order valence-electron chi connectivity index (χ4n) is 4.68. The first-order valence-corrected chi connectivity index (χ1v) is 12.6. The molecule has 1 aromatic carbocycles. The van der Waals surface area contributed by atoms with Crippen LogP contribution in [0.3, 0.4) is 0 Å². The number of hydrogen-bond acceptors (Lipinski definition) is 7. The van der Waals surface area contributed by atoms with Crippen LogP contribution in [0.1, 0.15) is 49.9 Å². The molecule has 2 aromatic heterocycles. The molecule has 0 radical (unpaired) electrons. The van der Waals surface area contributed by atoms with Crippen molar-refractivity contribution in [1.29, 1.82) is 0 Å². The topological polar surface area (TPSA) is 89.4 Å². The molecule has 1 atom stereocenters. The molecule has 0 spiro atoms. The Morgan fingerprint density at radius 1 is 1.21 bits per heavy atom. The van der Waals surface area contributed by atoms with Crippen molar-refractivity contribution in [3.63, 3.8) is 0 Å². The van der Waals surface area contributed by atoms with E-state index in [4.69, 9.17) is 14.8 Å². The van der Waals surface area contributed by atoms with Gasteiger partial charge in [-0.2, -0.15) is 5.10 Å². The van der Waals surface area contributed by atoms with E-state index in [1.807, 2.05) is 30.3 Å². The molecule has 4 heterocycles. The summed E-state index contributed by atoms with van der Waals surface area (Å²) in [6.07, 6.45) is 4.00. The van der Waals surface area contributed by atoms with Gasteiger partial charge in [0.15, 0.2) is 10.6 Å². The van der Waals surface area contributed by atoms with Crippen LogP contribution in [0.2, 0.25) is 0 Å². The van der Waals surface area contributed by atoms with Crippen LogP contribution < -0.4 is 15.8 Å². The Morgan fingerprint density at radius 3 is 2.76 bits per heavy atom. The Bertz CT molecular complexity index is 1190. The molecule has 1 amide bonds. The summed E-state index contributed by atoms with van der Waals surface area (Å²) in [6, 6.07) is 9.69. The summed E-state index contributed by atoms with van der Waals surface area (Å²) >= 11 is 1.49. The minimum absolute atomic E-state index is 0.00376. The van der Waals surface area contributed by atoms with Crippen molar-refractivity contribution in [3.8, 4) is 0 Å². The lowest BCUT2D eigenvalue weighted by Crippen LogP contribution is -2.43. The Labute approximate surface area is 196 Å². The normalized spacial score (nSPS) is 19.3. The summed E-state index contributed by atoms with van der Waals surface area (Å²) in [5.41, 5.74) is 2.30. The summed E-state index contributed by atoms with van der Waals surface area (Å²) in [6.45, 7) is 4.60. The van der Waals surface area contributed by atoms with Crippen molar-refractivity contribution in [2.75, 3.05) is 24.7 Å². The molecule has 3 aromatic rings. The van der Waals surface area contributed by atoms with Gasteiger partial charge in [0.2, 0.25) is 5.91 Å². The number of aryl methyl sites for hydroxylation is 1. The van der Waals surface area contributed by atoms with Crippen molar-refractivity contribution in [1.82, 2.24) is 20.1 Å². The molecule has 0 unspecified atom stereocenters. The van der Waals surface area contributed by atoms with E-state index >= 15 is 0 Å². The molecular weight excluding hydrogens is 438 g/mol. The van der Waals surface area contributed by atoms with Gasteiger partial charge >= 0.3 is 0 Å². The van der Waals surface area contributed by atoms with E-state index in [9.17, 15) is 9.59 Å². The van der Waals surface area contributed by atoms with Crippen LogP contribution in [0.25, 0.3) is 10.2 Å². The third-order valence-corrected chi connectivity index (χ3v) is 7.64. The molecular formula is C24H29N5O3S. The molecule has 5 rings (SSSR count). The molecule has 2 saturated heterocycles. The lowest BCUT2D eigenvalue weighted by atomic mass is 10.1. The van der Waals surface area contributed by atoms with Crippen LogP contribution in [0.15, 0.2) is 35.1 Å². The largest absolute Gasteiger partial charge is 0.381 e. The highest BCUT2D eigenvalue weighted by Crippen LogP contribution is 2.34. The Morgan fingerprint density at radius 2 is 2.00 bits per heavy atom. The van der Waals surface area contributed by atoms with E-state index in [1.54, 1.807) is 4.68 Å². The van der Waals surface area contributed by atoms with Gasteiger partial charge in [-0.3, -0.25) is 9.59 Å². The second kappa shape index (κ2) is 9.61. The van der Waals surface area contributed by atoms with Gasteiger partial charge in [0.05, 0.1) is 16.4 Å². The number of nitrogens with one attached hydrogen (secondary N) is 1. The Balaban J connectivity index is 1.42. The molecule has 2 fully saturated rings. The van der Waals surface area contributed by atoms with Crippen LogP contribution in [0.5, 0.6) is 0 Å². The number of fused-ring (bicyclic) bond motifs is 1. The molecule has 2 aliphatic heterocycles. The fraction of sp³-hybridized carbons (Fsp3) is 0.500. The molecule has 9 heteroatoms. The summed E-state index contributed by atoms with van der Waals surface area (Å²) in [5, 5.41) is 8.52. The number of rotatable bonds is 6. The van der Waals surface area contributed by atoms with E-state index in [0.717, 1.165) is 59.7 Å². The van der Waals surface area contributed by atoms with Crippen molar-refractivity contribution in [3.05, 3.63) is 51.9 Å². The van der Waals surface area contributed by atoms with Gasteiger partial charge in [0.25, 0.3) is 5.56 Å². The standard InChI is InChI=1S/C24H29N5O3S/c1-2-18-21-20(23(31)29(27-18)17-10-13-32-14-11-17)26-24(33-21)28-12-6-9-19(28)22(30)25-15-16-7-4-3-5-8-16/h3-5,7-8,17,19H,2,6,9-15H2,1H3,(H,25,30)/t19-/m1/s1. The lowest BCUT2D eigenvalue weighted by molar-refractivity contribution is -0.122. The average Bonchev–Trinajstić information content (AvgIpc) is 3.52. The van der Waals surface area contributed by atoms with Gasteiger partial charge in [-0.1, -0.05) is 48.6 Å². The molecule has 33 heavy (non-hydrogen) atoms. The number of carbonyl (C=O) groups excluding carboxylic acids is 1. The first-order chi connectivity index (χ1) is 16.2. The van der Waals surface area contributed by atoms with Crippen molar-refractivity contribution in [2.24, 2.45) is 0 Å². The Hall–Kier alpha value is -2.78. The predicted octanol–water partition coefficient (Wildman–Crippen LogP) is 3.05. The zero-order chi connectivity index (χ0) is 22.8. The number of ether oxygens (including phenoxy) is 1. The zero-order valence-electron chi connectivity index (χ0n) is 18.8. The summed E-state index contributed by atoms with van der Waals surface area (Å²) in [5.74, 6) is 0.00376. The average molecular weight is 468 g/mol. The lowest BCUT2D eigenvalue weighted by Gasteiger charge is -2.23. The second-order valence-corrected chi connectivity index (χ2v) is 9.60. The number of nitrogens with zero attached hydrogens (tertiary/aromatic N) is 4. The monoisotopic (exact) mass is 467 g/mol. The van der Waals surface area contributed by atoms with E-state index in [0.29, 0.717) is 25.3 Å². The smallest absolute Gasteiger partial charge is 0.294 e. The van der Waals surface area contributed by atoms with Gasteiger partial charge < -0.3 is 15.0 Å². The predicted molar refractivity (Wildman–Crippen MR) is 129 cm³/mol. The van der Waals surface area contributed by atoms with Gasteiger partial charge in [-0.15, -0.1) is 0 Å². The van der Waals surface area contributed by atoms with Crippen LogP contribution >= 0.6 is 11.3 Å². The van der Waals surface area contributed by atoms with Gasteiger partial charge in [-0.25, -0.2) is 9.67 Å². The third-order valence-electron chi connectivity index (χ3n) is 6.50. The fourth-order valence-corrected chi connectivity index (χ4v) is 5.87. The number of amides is 1. The maximum atomic E-state index is 13.3. The van der Waals surface area contributed by atoms with Crippen LogP contribution in [-0.4, -0.2) is 46.5 Å². The Kier molecular flexibility index (Phi) is 6.41. The minimum Gasteiger partial charge on any atom is -0.381 e. The number of aromatic nitrogens is 3. The second-order valence-electron chi connectivity index (χ2n) is 8.62. The molecule has 2 aliphatic rings. The van der Waals surface area contributed by atoms with Gasteiger partial charge in [0.1, 0.15) is 6.04 Å². The third kappa shape index (κ3) is 4.39. The van der Waals surface area contributed by atoms with E-state index in [1.165, 1.54) is 11.3 Å². The quantitative estimate of drug-likeness (QED) is 0.599. The number of anilines is 1. The molecule has 0 bridgehead atoms. The van der Waals surface area contributed by atoms with Crippen LogP contribution in [-0.2, 0) is 22.5 Å². The van der Waals surface area contributed by atoms with E-state index in [2.05, 4.69) is 17.1 Å². The van der Waals surface area contributed by atoms with Gasteiger partial charge in [-0.05, 0) is 37.7 Å². The number of benzene rings is 1. The highest BCUT2D eigenvalue weighted by Gasteiger charge is 2.33. The molecule has 0 saturated carbocycles. The number of carbonyl (C=O) groups is 1. The van der Waals surface area contributed by atoms with E-state index < -0.39 is 0 Å². The summed E-state index contributed by atoms with van der Waals surface area (Å²) in [7, 11) is 0. The SMILES string of the molecule is CCc1nn(C2CCOCC2)c(=O)c2nc(N3CCC[C@@H]3C(=O)NCc3ccccc3)sc12. The molecule has 174 valence electrons. The first kappa shape index (κ1) is 22.0. The van der Waals surface area contributed by atoms with Gasteiger partial charge in [0, 0.05) is 26.3 Å². The van der Waals surface area contributed by atoms with Crippen LogP contribution in [0, 0.1) is 0 Å². The highest BCUT2D eigenvalue weighted by atomic mass is 32.1. The van der Waals surface area contributed by atoms with Crippen molar-refractivity contribution >= 4 is 32.6 Å². The van der Waals surface area contributed by atoms with Crippen LogP contribution in [0.4, 0.5) is 5.13 Å². The molecule has 8 nitrogen and oxygen atoms in total. The van der Waals surface area contributed by atoms with Crippen molar-refractivity contribution < 1.29 is 9.53 Å². The molecule has 0 aliphatic carbocycles. The van der Waals surface area contributed by atoms with E-state index in [-0.39, 0.29) is 23.6 Å². The van der Waals surface area contributed by atoms with Crippen molar-refractivity contribution in [2.45, 2.75) is 57.7 Å². The maximum absolute atomic E-state index is 13.3. The zero-order valence-corrected chi connectivity index (χ0v) is 19.6. The maximum Gasteiger partial charge on any atom is 0.294 e. The molecule has 1 N–H and O–H groups in total. The summed E-state index contributed by atoms with van der Waals surface area (Å²) < 4.78 is 7.93. The highest BCUT2D eigenvalue weighted by molar-refractivity contribution is 7.22.